The fraction of sp³-hybridized carbons (Fsp3) is 0.182. The second-order valence-corrected chi connectivity index (χ2v) is 7.10. The summed E-state index contributed by atoms with van der Waals surface area (Å²) < 4.78 is 8.06. The average molecular weight is 403 g/mol. The van der Waals surface area contributed by atoms with Gasteiger partial charge in [0.2, 0.25) is 5.91 Å². The van der Waals surface area contributed by atoms with Crippen molar-refractivity contribution in [1.82, 2.24) is 19.3 Å². The zero-order valence-corrected chi connectivity index (χ0v) is 16.9. The van der Waals surface area contributed by atoms with Crippen molar-refractivity contribution in [2.75, 3.05) is 12.4 Å². The Morgan fingerprint density at radius 3 is 2.63 bits per heavy atom. The van der Waals surface area contributed by atoms with E-state index in [1.807, 2.05) is 26.0 Å². The monoisotopic (exact) mass is 403 g/mol. The SMILES string of the molecule is COc1cccc(NC(=O)Cn2cnc3c(cnn3-c3cc(C)cc(C)c3)c2=O)c1. The predicted octanol–water partition coefficient (Wildman–Crippen LogP) is 2.85. The molecule has 4 aromatic rings. The predicted molar refractivity (Wildman–Crippen MR) is 114 cm³/mol. The first-order valence-corrected chi connectivity index (χ1v) is 9.40. The molecule has 1 N–H and O–H groups in total. The van der Waals surface area contributed by atoms with Crippen LogP contribution in [0, 0.1) is 13.8 Å². The standard InChI is InChI=1S/C22H21N5O3/c1-14-7-15(2)9-17(8-14)27-21-19(11-24-27)22(29)26(13-23-21)12-20(28)25-16-5-4-6-18(10-16)30-3/h4-11,13H,12H2,1-3H3,(H,25,28). The number of fused-ring (bicyclic) bond motifs is 1. The van der Waals surface area contributed by atoms with Gasteiger partial charge in [0.1, 0.15) is 24.0 Å². The van der Waals surface area contributed by atoms with Gasteiger partial charge >= 0.3 is 0 Å². The van der Waals surface area contributed by atoms with Crippen LogP contribution in [-0.4, -0.2) is 32.3 Å². The lowest BCUT2D eigenvalue weighted by atomic mass is 10.1. The topological polar surface area (TPSA) is 91.0 Å². The van der Waals surface area contributed by atoms with Gasteiger partial charge in [0.15, 0.2) is 5.65 Å². The third-order valence-electron chi connectivity index (χ3n) is 4.67. The fourth-order valence-electron chi connectivity index (χ4n) is 3.38. The molecule has 152 valence electrons. The molecule has 30 heavy (non-hydrogen) atoms. The number of rotatable bonds is 5. The van der Waals surface area contributed by atoms with E-state index >= 15 is 0 Å². The molecule has 8 nitrogen and oxygen atoms in total. The van der Waals surface area contributed by atoms with Crippen LogP contribution in [0.15, 0.2) is 59.8 Å². The van der Waals surface area contributed by atoms with E-state index in [1.54, 1.807) is 36.1 Å². The summed E-state index contributed by atoms with van der Waals surface area (Å²) in [6.07, 6.45) is 2.86. The summed E-state index contributed by atoms with van der Waals surface area (Å²) in [7, 11) is 1.56. The highest BCUT2D eigenvalue weighted by molar-refractivity contribution is 5.91. The maximum absolute atomic E-state index is 12.9. The van der Waals surface area contributed by atoms with Crippen molar-refractivity contribution in [1.29, 1.82) is 0 Å². The maximum atomic E-state index is 12.9. The van der Waals surface area contributed by atoms with Crippen molar-refractivity contribution in [2.45, 2.75) is 20.4 Å². The number of aromatic nitrogens is 4. The third kappa shape index (κ3) is 3.80. The van der Waals surface area contributed by atoms with Gasteiger partial charge in [0, 0.05) is 11.8 Å². The molecule has 2 heterocycles. The van der Waals surface area contributed by atoms with E-state index in [-0.39, 0.29) is 18.0 Å². The first-order valence-electron chi connectivity index (χ1n) is 9.40. The van der Waals surface area contributed by atoms with E-state index in [4.69, 9.17) is 4.74 Å². The van der Waals surface area contributed by atoms with E-state index in [9.17, 15) is 9.59 Å². The smallest absolute Gasteiger partial charge is 0.264 e. The third-order valence-corrected chi connectivity index (χ3v) is 4.67. The molecule has 0 radical (unpaired) electrons. The van der Waals surface area contributed by atoms with E-state index < -0.39 is 0 Å². The summed E-state index contributed by atoms with van der Waals surface area (Å²) in [5, 5.41) is 7.45. The van der Waals surface area contributed by atoms with Crippen LogP contribution in [0.5, 0.6) is 5.75 Å². The molecule has 2 aromatic heterocycles. The largest absolute Gasteiger partial charge is 0.497 e. The van der Waals surface area contributed by atoms with Gasteiger partial charge in [-0.15, -0.1) is 0 Å². The van der Waals surface area contributed by atoms with Gasteiger partial charge < -0.3 is 10.1 Å². The number of carbonyl (C=O) groups excluding carboxylic acids is 1. The van der Waals surface area contributed by atoms with Gasteiger partial charge in [-0.25, -0.2) is 9.67 Å². The Balaban J connectivity index is 1.61. The number of hydrogen-bond acceptors (Lipinski definition) is 5. The van der Waals surface area contributed by atoms with Gasteiger partial charge in [0.25, 0.3) is 5.56 Å². The molecular weight excluding hydrogens is 382 g/mol. The number of carbonyl (C=O) groups is 1. The Hall–Kier alpha value is -3.94. The first-order chi connectivity index (χ1) is 14.4. The molecule has 0 aliphatic rings. The van der Waals surface area contributed by atoms with E-state index in [0.717, 1.165) is 16.8 Å². The van der Waals surface area contributed by atoms with Crippen molar-refractivity contribution in [3.05, 3.63) is 76.5 Å². The summed E-state index contributed by atoms with van der Waals surface area (Å²) in [6.45, 7) is 3.85. The van der Waals surface area contributed by atoms with Crippen molar-refractivity contribution in [3.63, 3.8) is 0 Å². The van der Waals surface area contributed by atoms with Crippen LogP contribution in [0.4, 0.5) is 5.69 Å². The highest BCUT2D eigenvalue weighted by Crippen LogP contribution is 2.18. The molecule has 0 spiro atoms. The number of aryl methyl sites for hydroxylation is 2. The number of benzene rings is 2. The van der Waals surface area contributed by atoms with Gasteiger partial charge in [-0.05, 0) is 49.2 Å². The highest BCUT2D eigenvalue weighted by atomic mass is 16.5. The molecular formula is C22H21N5O3. The Labute approximate surface area is 172 Å². The minimum atomic E-state index is -0.340. The van der Waals surface area contributed by atoms with Crippen molar-refractivity contribution < 1.29 is 9.53 Å². The highest BCUT2D eigenvalue weighted by Gasteiger charge is 2.14. The van der Waals surface area contributed by atoms with Gasteiger partial charge in [-0.2, -0.15) is 5.10 Å². The lowest BCUT2D eigenvalue weighted by Crippen LogP contribution is -2.27. The Morgan fingerprint density at radius 2 is 1.90 bits per heavy atom. The number of methoxy groups -OCH3 is 1. The van der Waals surface area contributed by atoms with E-state index in [1.165, 1.54) is 17.1 Å². The van der Waals surface area contributed by atoms with Gasteiger partial charge in [-0.3, -0.25) is 14.2 Å². The number of nitrogens with one attached hydrogen (secondary N) is 1. The lowest BCUT2D eigenvalue weighted by Gasteiger charge is -2.09. The lowest BCUT2D eigenvalue weighted by molar-refractivity contribution is -0.116. The molecule has 2 aromatic carbocycles. The molecule has 0 saturated carbocycles. The molecule has 0 aliphatic heterocycles. The van der Waals surface area contributed by atoms with Crippen LogP contribution < -0.4 is 15.6 Å². The molecule has 0 unspecified atom stereocenters. The molecule has 1 amide bonds. The number of amides is 1. The van der Waals surface area contributed by atoms with Gasteiger partial charge in [0.05, 0.1) is 19.0 Å². The zero-order valence-electron chi connectivity index (χ0n) is 16.9. The first kappa shape index (κ1) is 19.4. The summed E-state index contributed by atoms with van der Waals surface area (Å²) in [5.41, 5.74) is 3.74. The van der Waals surface area contributed by atoms with Crippen LogP contribution in [-0.2, 0) is 11.3 Å². The van der Waals surface area contributed by atoms with Crippen molar-refractivity contribution >= 4 is 22.6 Å². The zero-order chi connectivity index (χ0) is 21.3. The summed E-state index contributed by atoms with van der Waals surface area (Å²) in [4.78, 5) is 29.7. The fourth-order valence-corrected chi connectivity index (χ4v) is 3.38. The van der Waals surface area contributed by atoms with Crippen LogP contribution in [0.1, 0.15) is 11.1 Å². The van der Waals surface area contributed by atoms with Gasteiger partial charge in [-0.1, -0.05) is 12.1 Å². The van der Waals surface area contributed by atoms with Crippen LogP contribution in [0.25, 0.3) is 16.7 Å². The number of ether oxygens (including phenoxy) is 1. The molecule has 0 fully saturated rings. The molecule has 0 aliphatic carbocycles. The van der Waals surface area contributed by atoms with E-state index in [2.05, 4.69) is 21.5 Å². The average Bonchev–Trinajstić information content (AvgIpc) is 3.14. The minimum absolute atomic E-state index is 0.159. The summed E-state index contributed by atoms with van der Waals surface area (Å²) in [6, 6.07) is 13.0. The molecule has 4 rings (SSSR count). The van der Waals surface area contributed by atoms with Crippen LogP contribution in [0.2, 0.25) is 0 Å². The molecule has 0 saturated heterocycles. The van der Waals surface area contributed by atoms with E-state index in [0.29, 0.717) is 22.5 Å². The van der Waals surface area contributed by atoms with Crippen LogP contribution >= 0.6 is 0 Å². The Morgan fingerprint density at radius 1 is 1.13 bits per heavy atom. The van der Waals surface area contributed by atoms with Crippen molar-refractivity contribution in [3.8, 4) is 11.4 Å². The van der Waals surface area contributed by atoms with Crippen molar-refractivity contribution in [2.24, 2.45) is 0 Å². The quantitative estimate of drug-likeness (QED) is 0.553. The molecule has 0 atom stereocenters. The second-order valence-electron chi connectivity index (χ2n) is 7.10. The molecule has 0 bridgehead atoms. The molecule has 8 heteroatoms. The number of nitrogens with zero attached hydrogens (tertiary/aromatic N) is 4. The summed E-state index contributed by atoms with van der Waals surface area (Å²) in [5.74, 6) is 0.292. The van der Waals surface area contributed by atoms with Crippen LogP contribution in [0.3, 0.4) is 0 Å². The summed E-state index contributed by atoms with van der Waals surface area (Å²) >= 11 is 0. The normalized spacial score (nSPS) is 10.9. The maximum Gasteiger partial charge on any atom is 0.264 e. The minimum Gasteiger partial charge on any atom is -0.497 e. The number of hydrogen-bond donors (Lipinski definition) is 1. The Bertz CT molecular complexity index is 1290. The Kier molecular flexibility index (Phi) is 5.05. The second kappa shape index (κ2) is 7.82. The number of anilines is 1.